The third kappa shape index (κ3) is 2.91. The summed E-state index contributed by atoms with van der Waals surface area (Å²) in [7, 11) is 1.78. The van der Waals surface area contributed by atoms with Gasteiger partial charge in [-0.05, 0) is 23.8 Å². The van der Waals surface area contributed by atoms with Crippen LogP contribution in [0.15, 0.2) is 72.9 Å². The standard InChI is InChI=1S/C18H17N3O/c1-20-17(12-13-19-20)18(22)21(16-10-6-3-7-11-16)14-15-8-4-2-5-9-15/h2-13H,14H2,1H3. The number of hydrogen-bond donors (Lipinski definition) is 0. The third-order valence-electron chi connectivity index (χ3n) is 3.54. The van der Waals surface area contributed by atoms with Crippen molar-refractivity contribution < 1.29 is 4.79 Å². The molecule has 3 rings (SSSR count). The Morgan fingerprint density at radius 1 is 1.00 bits per heavy atom. The number of para-hydroxylation sites is 1. The summed E-state index contributed by atoms with van der Waals surface area (Å²) in [5, 5.41) is 4.09. The van der Waals surface area contributed by atoms with Crippen LogP contribution in [0.25, 0.3) is 0 Å². The Labute approximate surface area is 129 Å². The van der Waals surface area contributed by atoms with E-state index in [1.807, 2.05) is 60.7 Å². The van der Waals surface area contributed by atoms with E-state index in [1.54, 1.807) is 28.9 Å². The molecule has 1 heterocycles. The summed E-state index contributed by atoms with van der Waals surface area (Å²) in [4.78, 5) is 14.7. The van der Waals surface area contributed by atoms with Crippen LogP contribution in [0.4, 0.5) is 5.69 Å². The molecular formula is C18H17N3O. The third-order valence-corrected chi connectivity index (χ3v) is 3.54. The van der Waals surface area contributed by atoms with Gasteiger partial charge in [0.25, 0.3) is 5.91 Å². The van der Waals surface area contributed by atoms with Crippen LogP contribution in [-0.4, -0.2) is 15.7 Å². The minimum absolute atomic E-state index is 0.0601. The number of benzene rings is 2. The van der Waals surface area contributed by atoms with E-state index in [9.17, 15) is 4.79 Å². The Kier molecular flexibility index (Phi) is 4.01. The van der Waals surface area contributed by atoms with Gasteiger partial charge in [-0.15, -0.1) is 0 Å². The first kappa shape index (κ1) is 14.1. The van der Waals surface area contributed by atoms with Gasteiger partial charge in [0.1, 0.15) is 5.69 Å². The van der Waals surface area contributed by atoms with Crippen molar-refractivity contribution in [1.29, 1.82) is 0 Å². The minimum Gasteiger partial charge on any atom is -0.303 e. The van der Waals surface area contributed by atoms with Gasteiger partial charge in [0.2, 0.25) is 0 Å². The lowest BCUT2D eigenvalue weighted by Gasteiger charge is -2.23. The van der Waals surface area contributed by atoms with Crippen LogP contribution < -0.4 is 4.90 Å². The summed E-state index contributed by atoms with van der Waals surface area (Å²) >= 11 is 0. The number of carbonyl (C=O) groups is 1. The van der Waals surface area contributed by atoms with Crippen LogP contribution >= 0.6 is 0 Å². The molecule has 2 aromatic carbocycles. The van der Waals surface area contributed by atoms with Crippen molar-refractivity contribution in [2.45, 2.75) is 6.54 Å². The summed E-state index contributed by atoms with van der Waals surface area (Å²) in [5.41, 5.74) is 2.53. The molecule has 0 saturated heterocycles. The summed E-state index contributed by atoms with van der Waals surface area (Å²) in [6, 6.07) is 21.4. The molecule has 0 unspecified atom stereocenters. The lowest BCUT2D eigenvalue weighted by Crippen LogP contribution is -2.31. The van der Waals surface area contributed by atoms with Crippen LogP contribution in [0.1, 0.15) is 16.1 Å². The Morgan fingerprint density at radius 3 is 2.23 bits per heavy atom. The van der Waals surface area contributed by atoms with E-state index < -0.39 is 0 Å². The second kappa shape index (κ2) is 6.26. The quantitative estimate of drug-likeness (QED) is 0.740. The zero-order valence-electron chi connectivity index (χ0n) is 12.4. The van der Waals surface area contributed by atoms with Crippen molar-refractivity contribution in [1.82, 2.24) is 9.78 Å². The monoisotopic (exact) mass is 291 g/mol. The molecule has 110 valence electrons. The first-order valence-electron chi connectivity index (χ1n) is 7.14. The Morgan fingerprint density at radius 2 is 1.64 bits per heavy atom. The zero-order valence-corrected chi connectivity index (χ0v) is 12.4. The predicted molar refractivity (Wildman–Crippen MR) is 86.6 cm³/mol. The number of anilines is 1. The average Bonchev–Trinajstić information content (AvgIpc) is 3.00. The molecule has 0 radical (unpaired) electrons. The van der Waals surface area contributed by atoms with Gasteiger partial charge in [0.05, 0.1) is 6.54 Å². The average molecular weight is 291 g/mol. The summed E-state index contributed by atoms with van der Waals surface area (Å²) in [6.45, 7) is 0.523. The highest BCUT2D eigenvalue weighted by Crippen LogP contribution is 2.19. The van der Waals surface area contributed by atoms with Gasteiger partial charge in [-0.25, -0.2) is 0 Å². The second-order valence-corrected chi connectivity index (χ2v) is 5.05. The molecule has 0 aliphatic carbocycles. The van der Waals surface area contributed by atoms with Crippen molar-refractivity contribution in [2.75, 3.05) is 4.90 Å². The fourth-order valence-corrected chi connectivity index (χ4v) is 2.38. The smallest absolute Gasteiger partial charge is 0.276 e. The maximum atomic E-state index is 12.9. The fraction of sp³-hybridized carbons (Fsp3) is 0.111. The number of hydrogen-bond acceptors (Lipinski definition) is 2. The molecule has 22 heavy (non-hydrogen) atoms. The van der Waals surface area contributed by atoms with Crippen LogP contribution in [-0.2, 0) is 13.6 Å². The number of aryl methyl sites for hydroxylation is 1. The van der Waals surface area contributed by atoms with Gasteiger partial charge in [-0.1, -0.05) is 48.5 Å². The van der Waals surface area contributed by atoms with E-state index in [-0.39, 0.29) is 5.91 Å². The van der Waals surface area contributed by atoms with E-state index >= 15 is 0 Å². The van der Waals surface area contributed by atoms with E-state index in [1.165, 1.54) is 0 Å². The minimum atomic E-state index is -0.0601. The lowest BCUT2D eigenvalue weighted by molar-refractivity contribution is 0.0976. The highest BCUT2D eigenvalue weighted by atomic mass is 16.2. The Balaban J connectivity index is 1.96. The number of nitrogens with zero attached hydrogens (tertiary/aromatic N) is 3. The molecule has 0 aliphatic heterocycles. The van der Waals surface area contributed by atoms with E-state index in [0.717, 1.165) is 11.3 Å². The van der Waals surface area contributed by atoms with Gasteiger partial charge in [-0.3, -0.25) is 9.48 Å². The van der Waals surface area contributed by atoms with Crippen LogP contribution in [0.3, 0.4) is 0 Å². The molecule has 0 spiro atoms. The topological polar surface area (TPSA) is 38.1 Å². The second-order valence-electron chi connectivity index (χ2n) is 5.05. The maximum Gasteiger partial charge on any atom is 0.276 e. The van der Waals surface area contributed by atoms with Gasteiger partial charge < -0.3 is 4.90 Å². The Bertz CT molecular complexity index is 750. The van der Waals surface area contributed by atoms with Crippen molar-refractivity contribution in [2.24, 2.45) is 7.05 Å². The molecule has 1 aromatic heterocycles. The van der Waals surface area contributed by atoms with Crippen molar-refractivity contribution in [3.8, 4) is 0 Å². The molecule has 4 heteroatoms. The van der Waals surface area contributed by atoms with E-state index in [2.05, 4.69) is 5.10 Å². The largest absolute Gasteiger partial charge is 0.303 e. The molecule has 0 saturated carbocycles. The lowest BCUT2D eigenvalue weighted by atomic mass is 10.2. The molecule has 1 amide bonds. The van der Waals surface area contributed by atoms with Gasteiger partial charge in [0.15, 0.2) is 0 Å². The maximum absolute atomic E-state index is 12.9. The number of rotatable bonds is 4. The predicted octanol–water partition coefficient (Wildman–Crippen LogP) is 3.27. The van der Waals surface area contributed by atoms with Gasteiger partial charge in [0, 0.05) is 18.9 Å². The Hall–Kier alpha value is -2.88. The number of carbonyl (C=O) groups excluding carboxylic acids is 1. The van der Waals surface area contributed by atoms with Crippen molar-refractivity contribution in [3.05, 3.63) is 84.2 Å². The van der Waals surface area contributed by atoms with Crippen molar-refractivity contribution in [3.63, 3.8) is 0 Å². The number of aromatic nitrogens is 2. The number of amides is 1. The molecule has 0 N–H and O–H groups in total. The molecule has 4 nitrogen and oxygen atoms in total. The molecule has 0 bridgehead atoms. The van der Waals surface area contributed by atoms with E-state index in [4.69, 9.17) is 0 Å². The van der Waals surface area contributed by atoms with Crippen LogP contribution in [0.2, 0.25) is 0 Å². The molecule has 0 fully saturated rings. The van der Waals surface area contributed by atoms with E-state index in [0.29, 0.717) is 12.2 Å². The van der Waals surface area contributed by atoms with Crippen LogP contribution in [0, 0.1) is 0 Å². The molecule has 0 aliphatic rings. The van der Waals surface area contributed by atoms with Gasteiger partial charge >= 0.3 is 0 Å². The first-order chi connectivity index (χ1) is 10.8. The highest BCUT2D eigenvalue weighted by molar-refractivity contribution is 6.04. The SMILES string of the molecule is Cn1nccc1C(=O)N(Cc1ccccc1)c1ccccc1. The van der Waals surface area contributed by atoms with Crippen LogP contribution in [0.5, 0.6) is 0 Å². The molecular weight excluding hydrogens is 274 g/mol. The summed E-state index contributed by atoms with van der Waals surface area (Å²) in [5.74, 6) is -0.0601. The highest BCUT2D eigenvalue weighted by Gasteiger charge is 2.20. The molecule has 0 atom stereocenters. The normalized spacial score (nSPS) is 10.4. The zero-order chi connectivity index (χ0) is 15.4. The summed E-state index contributed by atoms with van der Waals surface area (Å²) in [6.07, 6.45) is 1.64. The summed E-state index contributed by atoms with van der Waals surface area (Å²) < 4.78 is 1.60. The molecule has 3 aromatic rings. The van der Waals surface area contributed by atoms with Gasteiger partial charge in [-0.2, -0.15) is 5.10 Å². The van der Waals surface area contributed by atoms with Crippen molar-refractivity contribution >= 4 is 11.6 Å². The fourth-order valence-electron chi connectivity index (χ4n) is 2.38. The first-order valence-corrected chi connectivity index (χ1v) is 7.14.